The van der Waals surface area contributed by atoms with Gasteiger partial charge in [-0.3, -0.25) is 0 Å². The Labute approximate surface area is 136 Å². The van der Waals surface area contributed by atoms with Crippen molar-refractivity contribution in [2.45, 2.75) is 109 Å². The molecule has 1 aliphatic rings. The van der Waals surface area contributed by atoms with Crippen LogP contribution in [0, 0.1) is 0 Å². The second-order valence-electron chi connectivity index (χ2n) is 6.62. The van der Waals surface area contributed by atoms with E-state index in [9.17, 15) is 10.2 Å². The van der Waals surface area contributed by atoms with Crippen LogP contribution in [0.2, 0.25) is 0 Å². The van der Waals surface area contributed by atoms with Crippen LogP contribution in [0.5, 0.6) is 0 Å². The third kappa shape index (κ3) is 8.47. The molecule has 0 aromatic rings. The summed E-state index contributed by atoms with van der Waals surface area (Å²) in [4.78, 5) is 0. The summed E-state index contributed by atoms with van der Waals surface area (Å²) in [6, 6.07) is 0. The molecule has 0 radical (unpaired) electrons. The molecule has 0 aromatic carbocycles. The molecule has 132 valence electrons. The van der Waals surface area contributed by atoms with Gasteiger partial charge in [-0.15, -0.1) is 0 Å². The van der Waals surface area contributed by atoms with Crippen LogP contribution in [0.1, 0.15) is 84.5 Å². The Morgan fingerprint density at radius 2 is 1.45 bits per heavy atom. The lowest BCUT2D eigenvalue weighted by atomic mass is 10.0. The third-order valence-electron chi connectivity index (χ3n) is 4.48. The van der Waals surface area contributed by atoms with Gasteiger partial charge in [0.2, 0.25) is 0 Å². The lowest BCUT2D eigenvalue weighted by Gasteiger charge is -2.35. The molecule has 0 unspecified atom stereocenters. The van der Waals surface area contributed by atoms with Crippen LogP contribution in [0.3, 0.4) is 0 Å². The van der Waals surface area contributed by atoms with Gasteiger partial charge in [-0.2, -0.15) is 0 Å². The first-order valence-corrected chi connectivity index (χ1v) is 9.28. The summed E-state index contributed by atoms with van der Waals surface area (Å²) in [6.45, 7) is 4.70. The molecule has 0 spiro atoms. The Morgan fingerprint density at radius 3 is 2.00 bits per heavy atom. The van der Waals surface area contributed by atoms with Crippen LogP contribution in [0.25, 0.3) is 0 Å². The fourth-order valence-corrected chi connectivity index (χ4v) is 2.94. The molecule has 22 heavy (non-hydrogen) atoms. The van der Waals surface area contributed by atoms with Gasteiger partial charge in [-0.25, -0.2) is 0 Å². The number of aliphatic hydroxyl groups is 2. The van der Waals surface area contributed by atoms with E-state index in [-0.39, 0.29) is 12.4 Å². The van der Waals surface area contributed by atoms with Crippen LogP contribution in [0.15, 0.2) is 0 Å². The lowest BCUT2D eigenvalue weighted by Crippen LogP contribution is -2.47. The summed E-state index contributed by atoms with van der Waals surface area (Å²) in [7, 11) is 0. The smallest absolute Gasteiger partial charge is 0.160 e. The first-order valence-electron chi connectivity index (χ1n) is 9.28. The van der Waals surface area contributed by atoms with Crippen LogP contribution < -0.4 is 0 Å². The van der Waals surface area contributed by atoms with E-state index >= 15 is 0 Å². The first kappa shape index (κ1) is 19.9. The average Bonchev–Trinajstić information content (AvgIpc) is 2.50. The molecule has 0 aliphatic carbocycles. The van der Waals surface area contributed by atoms with Gasteiger partial charge >= 0.3 is 0 Å². The number of aliphatic hydroxyl groups excluding tert-OH is 2. The number of unbranched alkanes of at least 4 members (excludes halogenated alkanes) is 9. The molecule has 1 aliphatic heterocycles. The molecule has 1 fully saturated rings. The normalized spacial score (nSPS) is 28.9. The maximum absolute atomic E-state index is 9.69. The Kier molecular flexibility index (Phi) is 11.1. The van der Waals surface area contributed by atoms with E-state index in [0.717, 1.165) is 6.42 Å². The SMILES string of the molecule is CCCCCCCCCCCCO[C@H]1C[C@@H](O)[C@@H](O)[C@H](C)O1. The van der Waals surface area contributed by atoms with Crippen molar-refractivity contribution in [3.63, 3.8) is 0 Å². The highest BCUT2D eigenvalue weighted by molar-refractivity contribution is 4.79. The number of hydrogen-bond acceptors (Lipinski definition) is 4. The first-order chi connectivity index (χ1) is 10.6. The van der Waals surface area contributed by atoms with Crippen LogP contribution >= 0.6 is 0 Å². The van der Waals surface area contributed by atoms with Crippen molar-refractivity contribution in [2.24, 2.45) is 0 Å². The summed E-state index contributed by atoms with van der Waals surface area (Å²) in [5.74, 6) is 0. The van der Waals surface area contributed by atoms with E-state index in [4.69, 9.17) is 9.47 Å². The second-order valence-corrected chi connectivity index (χ2v) is 6.62. The average molecular weight is 316 g/mol. The summed E-state index contributed by atoms with van der Waals surface area (Å²) in [5, 5.41) is 19.3. The predicted octanol–water partition coefficient (Wildman–Crippen LogP) is 3.78. The maximum Gasteiger partial charge on any atom is 0.160 e. The van der Waals surface area contributed by atoms with Crippen molar-refractivity contribution in [3.05, 3.63) is 0 Å². The zero-order valence-corrected chi connectivity index (χ0v) is 14.5. The van der Waals surface area contributed by atoms with Gasteiger partial charge in [-0.1, -0.05) is 64.7 Å². The van der Waals surface area contributed by atoms with E-state index in [2.05, 4.69) is 6.92 Å². The zero-order valence-electron chi connectivity index (χ0n) is 14.5. The molecule has 0 saturated carbocycles. The highest BCUT2D eigenvalue weighted by atomic mass is 16.7. The fraction of sp³-hybridized carbons (Fsp3) is 1.00. The van der Waals surface area contributed by atoms with Crippen LogP contribution in [-0.2, 0) is 9.47 Å². The van der Waals surface area contributed by atoms with Gasteiger partial charge in [0.05, 0.1) is 12.2 Å². The van der Waals surface area contributed by atoms with Crippen LogP contribution in [-0.4, -0.2) is 41.4 Å². The van der Waals surface area contributed by atoms with Crippen molar-refractivity contribution < 1.29 is 19.7 Å². The molecule has 1 saturated heterocycles. The Hall–Kier alpha value is -0.160. The van der Waals surface area contributed by atoms with Gasteiger partial charge in [0.1, 0.15) is 6.10 Å². The maximum atomic E-state index is 9.69. The largest absolute Gasteiger partial charge is 0.390 e. The van der Waals surface area contributed by atoms with E-state index in [1.807, 2.05) is 0 Å². The molecule has 1 heterocycles. The topological polar surface area (TPSA) is 58.9 Å². The third-order valence-corrected chi connectivity index (χ3v) is 4.48. The van der Waals surface area contributed by atoms with Gasteiger partial charge < -0.3 is 19.7 Å². The fourth-order valence-electron chi connectivity index (χ4n) is 2.94. The lowest BCUT2D eigenvalue weighted by molar-refractivity contribution is -0.246. The summed E-state index contributed by atoms with van der Waals surface area (Å²) >= 11 is 0. The second kappa shape index (κ2) is 12.3. The predicted molar refractivity (Wildman–Crippen MR) is 88.8 cm³/mol. The molecular formula is C18H36O4. The number of hydrogen-bond donors (Lipinski definition) is 2. The Morgan fingerprint density at radius 1 is 0.909 bits per heavy atom. The summed E-state index contributed by atoms with van der Waals surface area (Å²) in [6.07, 6.45) is 11.2. The molecule has 0 amide bonds. The minimum atomic E-state index is -0.794. The minimum absolute atomic E-state index is 0.360. The van der Waals surface area contributed by atoms with Gasteiger partial charge in [-0.05, 0) is 13.3 Å². The van der Waals surface area contributed by atoms with E-state index in [1.165, 1.54) is 57.8 Å². The zero-order chi connectivity index (χ0) is 16.2. The number of ether oxygens (including phenoxy) is 2. The van der Waals surface area contributed by atoms with Gasteiger partial charge in [0.25, 0.3) is 0 Å². The standard InChI is InChI=1S/C18H36O4/c1-3-4-5-6-7-8-9-10-11-12-13-21-17-14-16(19)18(20)15(2)22-17/h15-20H,3-14H2,1-2H3/t15-,16+,17+,18-/m0/s1. The van der Waals surface area contributed by atoms with E-state index in [0.29, 0.717) is 13.0 Å². The van der Waals surface area contributed by atoms with Crippen molar-refractivity contribution in [1.82, 2.24) is 0 Å². The molecule has 0 aromatic heterocycles. The van der Waals surface area contributed by atoms with Crippen molar-refractivity contribution >= 4 is 0 Å². The Bertz CT molecular complexity index is 247. The molecule has 4 heteroatoms. The molecular weight excluding hydrogens is 280 g/mol. The van der Waals surface area contributed by atoms with Crippen molar-refractivity contribution in [3.8, 4) is 0 Å². The van der Waals surface area contributed by atoms with Gasteiger partial charge in [0, 0.05) is 13.0 Å². The minimum Gasteiger partial charge on any atom is -0.390 e. The van der Waals surface area contributed by atoms with E-state index in [1.54, 1.807) is 6.92 Å². The number of rotatable bonds is 12. The summed E-state index contributed by atoms with van der Waals surface area (Å²) < 4.78 is 11.2. The highest BCUT2D eigenvalue weighted by Gasteiger charge is 2.34. The van der Waals surface area contributed by atoms with Crippen LogP contribution in [0.4, 0.5) is 0 Å². The molecule has 2 N–H and O–H groups in total. The molecule has 4 nitrogen and oxygen atoms in total. The monoisotopic (exact) mass is 316 g/mol. The molecule has 4 atom stereocenters. The highest BCUT2D eigenvalue weighted by Crippen LogP contribution is 2.21. The molecule has 1 rings (SSSR count). The molecule has 0 bridgehead atoms. The Balaban J connectivity index is 1.87. The van der Waals surface area contributed by atoms with Crippen molar-refractivity contribution in [1.29, 1.82) is 0 Å². The quantitative estimate of drug-likeness (QED) is 0.538. The van der Waals surface area contributed by atoms with E-state index < -0.39 is 12.2 Å². The van der Waals surface area contributed by atoms with Gasteiger partial charge in [0.15, 0.2) is 6.29 Å². The summed E-state index contributed by atoms with van der Waals surface area (Å²) in [5.41, 5.74) is 0. The van der Waals surface area contributed by atoms with Crippen molar-refractivity contribution in [2.75, 3.05) is 6.61 Å².